The molecule has 0 bridgehead atoms. The Bertz CT molecular complexity index is 734. The molecule has 0 aliphatic heterocycles. The molecule has 0 aliphatic rings. The molecule has 1 aromatic heterocycles. The summed E-state index contributed by atoms with van der Waals surface area (Å²) in [4.78, 5) is 14.6. The first kappa shape index (κ1) is 15.2. The van der Waals surface area contributed by atoms with Gasteiger partial charge >= 0.3 is 5.97 Å². The SMILES string of the molecule is CCc1nc(CS(=O)(=O)c2ccc(CC(=O)O)cc2)no1. The van der Waals surface area contributed by atoms with Crippen LogP contribution >= 0.6 is 0 Å². The Morgan fingerprint density at radius 3 is 2.48 bits per heavy atom. The number of benzene rings is 1. The number of aromatic nitrogens is 2. The Labute approximate surface area is 121 Å². The van der Waals surface area contributed by atoms with Gasteiger partial charge in [-0.05, 0) is 17.7 Å². The largest absolute Gasteiger partial charge is 0.481 e. The van der Waals surface area contributed by atoms with Crippen LogP contribution in [0.3, 0.4) is 0 Å². The summed E-state index contributed by atoms with van der Waals surface area (Å²) >= 11 is 0. The first-order valence-electron chi connectivity index (χ1n) is 6.25. The van der Waals surface area contributed by atoms with Gasteiger partial charge in [-0.25, -0.2) is 8.42 Å². The predicted molar refractivity (Wildman–Crippen MR) is 72.3 cm³/mol. The second-order valence-corrected chi connectivity index (χ2v) is 6.42. The fraction of sp³-hybridized carbons (Fsp3) is 0.308. The van der Waals surface area contributed by atoms with E-state index in [4.69, 9.17) is 9.63 Å². The van der Waals surface area contributed by atoms with Crippen molar-refractivity contribution in [3.63, 3.8) is 0 Å². The molecule has 2 aromatic rings. The van der Waals surface area contributed by atoms with E-state index in [1.54, 1.807) is 0 Å². The average molecular weight is 310 g/mol. The molecule has 0 unspecified atom stereocenters. The lowest BCUT2D eigenvalue weighted by Gasteiger charge is -2.03. The number of sulfone groups is 1. The Hall–Kier alpha value is -2.22. The minimum atomic E-state index is -3.59. The quantitative estimate of drug-likeness (QED) is 0.854. The number of carboxylic acids is 1. The van der Waals surface area contributed by atoms with Crippen LogP contribution in [-0.4, -0.2) is 29.6 Å². The van der Waals surface area contributed by atoms with E-state index in [1.807, 2.05) is 6.92 Å². The predicted octanol–water partition coefficient (Wildman–Crippen LogP) is 1.23. The Morgan fingerprint density at radius 2 is 1.95 bits per heavy atom. The standard InChI is InChI=1S/C13H14N2O5S/c1-2-12-14-11(15-20-12)8-21(18,19)10-5-3-9(4-6-10)7-13(16)17/h3-6H,2,7-8H2,1H3,(H,16,17). The normalized spacial score (nSPS) is 11.5. The van der Waals surface area contributed by atoms with Crippen molar-refractivity contribution in [1.29, 1.82) is 0 Å². The third kappa shape index (κ3) is 3.88. The number of rotatable bonds is 6. The molecule has 1 N–H and O–H groups in total. The second kappa shape index (κ2) is 6.04. The van der Waals surface area contributed by atoms with Crippen molar-refractivity contribution < 1.29 is 22.8 Å². The van der Waals surface area contributed by atoms with E-state index >= 15 is 0 Å². The fourth-order valence-corrected chi connectivity index (χ4v) is 2.91. The second-order valence-electron chi connectivity index (χ2n) is 4.43. The molecule has 0 radical (unpaired) electrons. The van der Waals surface area contributed by atoms with Crippen LogP contribution < -0.4 is 0 Å². The molecule has 1 aromatic carbocycles. The first-order chi connectivity index (χ1) is 9.90. The van der Waals surface area contributed by atoms with Gasteiger partial charge in [-0.3, -0.25) is 4.79 Å². The lowest BCUT2D eigenvalue weighted by molar-refractivity contribution is -0.136. The van der Waals surface area contributed by atoms with Crippen molar-refractivity contribution in [3.8, 4) is 0 Å². The van der Waals surface area contributed by atoms with Crippen LogP contribution in [0.4, 0.5) is 0 Å². The minimum Gasteiger partial charge on any atom is -0.481 e. The molecule has 2 rings (SSSR count). The number of aliphatic carboxylic acids is 1. The summed E-state index contributed by atoms with van der Waals surface area (Å²) in [5.41, 5.74) is 0.536. The van der Waals surface area contributed by atoms with E-state index in [0.29, 0.717) is 17.9 Å². The molecule has 1 heterocycles. The number of carbonyl (C=O) groups is 1. The Kier molecular flexibility index (Phi) is 4.37. The molecule has 0 amide bonds. The lowest BCUT2D eigenvalue weighted by Crippen LogP contribution is -2.07. The maximum Gasteiger partial charge on any atom is 0.307 e. The molecule has 0 saturated carbocycles. The van der Waals surface area contributed by atoms with Crippen LogP contribution in [0.25, 0.3) is 0 Å². The zero-order chi connectivity index (χ0) is 15.5. The van der Waals surface area contributed by atoms with Crippen molar-refractivity contribution in [2.75, 3.05) is 0 Å². The van der Waals surface area contributed by atoms with Crippen LogP contribution in [0.2, 0.25) is 0 Å². The summed E-state index contributed by atoms with van der Waals surface area (Å²) in [7, 11) is -3.59. The maximum atomic E-state index is 12.2. The van der Waals surface area contributed by atoms with Crippen LogP contribution in [0.15, 0.2) is 33.7 Å². The average Bonchev–Trinajstić information content (AvgIpc) is 2.85. The van der Waals surface area contributed by atoms with Gasteiger partial charge in [-0.2, -0.15) is 4.98 Å². The minimum absolute atomic E-state index is 0.0967. The lowest BCUT2D eigenvalue weighted by atomic mass is 10.2. The summed E-state index contributed by atoms with van der Waals surface area (Å²) in [5.74, 6) is -0.822. The third-order valence-electron chi connectivity index (χ3n) is 2.77. The molecule has 0 atom stereocenters. The van der Waals surface area contributed by atoms with Gasteiger partial charge in [-0.15, -0.1) is 0 Å². The number of carboxylic acid groups (broad SMARTS) is 1. The summed E-state index contributed by atoms with van der Waals surface area (Å²) in [6.45, 7) is 1.83. The zero-order valence-electron chi connectivity index (χ0n) is 11.3. The molecular formula is C13H14N2O5S. The Balaban J connectivity index is 2.17. The molecule has 0 aliphatic carbocycles. The zero-order valence-corrected chi connectivity index (χ0v) is 12.1. The van der Waals surface area contributed by atoms with Crippen molar-refractivity contribution in [2.24, 2.45) is 0 Å². The van der Waals surface area contributed by atoms with Gasteiger partial charge < -0.3 is 9.63 Å². The molecule has 8 heteroatoms. The first-order valence-corrected chi connectivity index (χ1v) is 7.91. The summed E-state index contributed by atoms with van der Waals surface area (Å²) in [6, 6.07) is 5.73. The van der Waals surface area contributed by atoms with Crippen molar-refractivity contribution in [2.45, 2.75) is 30.4 Å². The highest BCUT2D eigenvalue weighted by molar-refractivity contribution is 7.90. The van der Waals surface area contributed by atoms with Crippen molar-refractivity contribution >= 4 is 15.8 Å². The van der Waals surface area contributed by atoms with E-state index in [-0.39, 0.29) is 22.9 Å². The van der Waals surface area contributed by atoms with Gasteiger partial charge in [0.25, 0.3) is 0 Å². The molecule has 0 fully saturated rings. The van der Waals surface area contributed by atoms with Gasteiger partial charge in [0.05, 0.1) is 11.3 Å². The highest BCUT2D eigenvalue weighted by Gasteiger charge is 2.19. The van der Waals surface area contributed by atoms with E-state index in [9.17, 15) is 13.2 Å². The van der Waals surface area contributed by atoms with Crippen LogP contribution in [0, 0.1) is 0 Å². The number of nitrogens with zero attached hydrogens (tertiary/aromatic N) is 2. The summed E-state index contributed by atoms with van der Waals surface area (Å²) < 4.78 is 29.3. The van der Waals surface area contributed by atoms with Crippen LogP contribution in [-0.2, 0) is 33.2 Å². The smallest absolute Gasteiger partial charge is 0.307 e. The Morgan fingerprint density at radius 1 is 1.29 bits per heavy atom. The van der Waals surface area contributed by atoms with Crippen LogP contribution in [0.5, 0.6) is 0 Å². The third-order valence-corrected chi connectivity index (χ3v) is 4.40. The molecule has 0 saturated heterocycles. The topological polar surface area (TPSA) is 110 Å². The molecular weight excluding hydrogens is 296 g/mol. The van der Waals surface area contributed by atoms with E-state index in [1.165, 1.54) is 24.3 Å². The molecule has 7 nitrogen and oxygen atoms in total. The van der Waals surface area contributed by atoms with Gasteiger partial charge in [0, 0.05) is 6.42 Å². The summed E-state index contributed by atoms with van der Waals surface area (Å²) in [6.07, 6.45) is 0.391. The number of aryl methyl sites for hydroxylation is 1. The van der Waals surface area contributed by atoms with Crippen molar-refractivity contribution in [3.05, 3.63) is 41.5 Å². The van der Waals surface area contributed by atoms with Gasteiger partial charge in [0.1, 0.15) is 5.75 Å². The van der Waals surface area contributed by atoms with Gasteiger partial charge in [0.2, 0.25) is 5.89 Å². The van der Waals surface area contributed by atoms with E-state index < -0.39 is 15.8 Å². The molecule has 112 valence electrons. The van der Waals surface area contributed by atoms with E-state index in [2.05, 4.69) is 10.1 Å². The fourth-order valence-electron chi connectivity index (χ4n) is 1.73. The summed E-state index contributed by atoms with van der Waals surface area (Å²) in [5, 5.41) is 12.3. The molecule has 0 spiro atoms. The highest BCUT2D eigenvalue weighted by Crippen LogP contribution is 2.16. The van der Waals surface area contributed by atoms with E-state index in [0.717, 1.165) is 0 Å². The number of hydrogen-bond acceptors (Lipinski definition) is 6. The van der Waals surface area contributed by atoms with Gasteiger partial charge in [0.15, 0.2) is 15.7 Å². The molecule has 21 heavy (non-hydrogen) atoms. The number of hydrogen-bond donors (Lipinski definition) is 1. The highest BCUT2D eigenvalue weighted by atomic mass is 32.2. The van der Waals surface area contributed by atoms with Gasteiger partial charge in [-0.1, -0.05) is 24.2 Å². The van der Waals surface area contributed by atoms with Crippen molar-refractivity contribution in [1.82, 2.24) is 10.1 Å². The monoisotopic (exact) mass is 310 g/mol. The maximum absolute atomic E-state index is 12.2. The van der Waals surface area contributed by atoms with Crippen LogP contribution in [0.1, 0.15) is 24.2 Å².